The summed E-state index contributed by atoms with van der Waals surface area (Å²) < 4.78 is 0. The highest BCUT2D eigenvalue weighted by Gasteiger charge is 2.23. The molecule has 1 heterocycles. The van der Waals surface area contributed by atoms with Crippen LogP contribution in [0.5, 0.6) is 0 Å². The third-order valence-corrected chi connectivity index (χ3v) is 5.20. The van der Waals surface area contributed by atoms with Crippen LogP contribution in [0.3, 0.4) is 0 Å². The van der Waals surface area contributed by atoms with Crippen molar-refractivity contribution in [2.24, 2.45) is 0 Å². The van der Waals surface area contributed by atoms with E-state index < -0.39 is 0 Å². The maximum atomic E-state index is 12.7. The van der Waals surface area contributed by atoms with Gasteiger partial charge in [-0.2, -0.15) is 0 Å². The highest BCUT2D eigenvalue weighted by molar-refractivity contribution is 5.94. The number of nitrogens with one attached hydrogen (secondary N) is 3. The monoisotopic (exact) mass is 379 g/mol. The van der Waals surface area contributed by atoms with Crippen LogP contribution in [0.4, 0.5) is 0 Å². The van der Waals surface area contributed by atoms with Crippen molar-refractivity contribution in [2.45, 2.75) is 51.2 Å². The average Bonchev–Trinajstić information content (AvgIpc) is 2.68. The van der Waals surface area contributed by atoms with Crippen molar-refractivity contribution in [3.05, 3.63) is 71.3 Å². The molecule has 148 valence electrons. The number of carbonyl (C=O) groups is 2. The molecular formula is C23H29N3O2. The molecule has 5 nitrogen and oxygen atoms in total. The SMILES string of the molecule is Cc1ccc(C(=O)NC(CC(=O)NC2CCNC(C)C2)c2ccccc2)cc1. The lowest BCUT2D eigenvalue weighted by atomic mass is 9.99. The van der Waals surface area contributed by atoms with Crippen molar-refractivity contribution in [2.75, 3.05) is 6.54 Å². The second-order valence-electron chi connectivity index (χ2n) is 7.65. The molecule has 3 atom stereocenters. The summed E-state index contributed by atoms with van der Waals surface area (Å²) in [6.07, 6.45) is 2.08. The zero-order chi connectivity index (χ0) is 19.9. The number of piperidine rings is 1. The van der Waals surface area contributed by atoms with Gasteiger partial charge in [-0.3, -0.25) is 9.59 Å². The van der Waals surface area contributed by atoms with Gasteiger partial charge in [0.2, 0.25) is 5.91 Å². The molecule has 28 heavy (non-hydrogen) atoms. The molecule has 1 fully saturated rings. The first-order chi connectivity index (χ1) is 13.5. The van der Waals surface area contributed by atoms with E-state index >= 15 is 0 Å². The van der Waals surface area contributed by atoms with Crippen LogP contribution >= 0.6 is 0 Å². The van der Waals surface area contributed by atoms with Gasteiger partial charge in [-0.25, -0.2) is 0 Å². The van der Waals surface area contributed by atoms with Crippen LogP contribution in [-0.2, 0) is 4.79 Å². The van der Waals surface area contributed by atoms with E-state index in [1.54, 1.807) is 0 Å². The molecule has 3 N–H and O–H groups in total. The maximum Gasteiger partial charge on any atom is 0.251 e. The number of hydrogen-bond acceptors (Lipinski definition) is 3. The van der Waals surface area contributed by atoms with Gasteiger partial charge in [-0.15, -0.1) is 0 Å². The van der Waals surface area contributed by atoms with Gasteiger partial charge in [0.15, 0.2) is 0 Å². The molecule has 1 aliphatic rings. The summed E-state index contributed by atoms with van der Waals surface area (Å²) in [4.78, 5) is 25.4. The molecule has 3 rings (SSSR count). The van der Waals surface area contributed by atoms with E-state index in [2.05, 4.69) is 22.9 Å². The van der Waals surface area contributed by atoms with Crippen LogP contribution in [0.2, 0.25) is 0 Å². The highest BCUT2D eigenvalue weighted by atomic mass is 16.2. The van der Waals surface area contributed by atoms with Crippen molar-refractivity contribution < 1.29 is 9.59 Å². The second-order valence-corrected chi connectivity index (χ2v) is 7.65. The van der Waals surface area contributed by atoms with E-state index in [1.807, 2.05) is 61.5 Å². The van der Waals surface area contributed by atoms with Gasteiger partial charge < -0.3 is 16.0 Å². The van der Waals surface area contributed by atoms with Crippen molar-refractivity contribution in [1.29, 1.82) is 0 Å². The van der Waals surface area contributed by atoms with Crippen molar-refractivity contribution >= 4 is 11.8 Å². The minimum atomic E-state index is -0.367. The van der Waals surface area contributed by atoms with Crippen LogP contribution in [0.25, 0.3) is 0 Å². The summed E-state index contributed by atoms with van der Waals surface area (Å²) in [5.74, 6) is -0.200. The van der Waals surface area contributed by atoms with Crippen LogP contribution in [-0.4, -0.2) is 30.4 Å². The van der Waals surface area contributed by atoms with E-state index in [1.165, 1.54) is 0 Å². The Morgan fingerprint density at radius 2 is 1.82 bits per heavy atom. The number of amides is 2. The Balaban J connectivity index is 1.67. The molecule has 3 unspecified atom stereocenters. The van der Waals surface area contributed by atoms with Gasteiger partial charge in [-0.05, 0) is 50.9 Å². The summed E-state index contributed by atoms with van der Waals surface area (Å²) in [6, 6.07) is 17.3. The number of hydrogen-bond donors (Lipinski definition) is 3. The minimum Gasteiger partial charge on any atom is -0.353 e. The zero-order valence-electron chi connectivity index (χ0n) is 16.6. The Hall–Kier alpha value is -2.66. The highest BCUT2D eigenvalue weighted by Crippen LogP contribution is 2.18. The molecule has 0 spiro atoms. The van der Waals surface area contributed by atoms with Crippen LogP contribution in [0.15, 0.2) is 54.6 Å². The fourth-order valence-electron chi connectivity index (χ4n) is 3.62. The Kier molecular flexibility index (Phi) is 6.82. The first-order valence-corrected chi connectivity index (χ1v) is 9.96. The molecular weight excluding hydrogens is 350 g/mol. The maximum absolute atomic E-state index is 12.7. The summed E-state index contributed by atoms with van der Waals surface area (Å²) in [6.45, 7) is 5.03. The third-order valence-electron chi connectivity index (χ3n) is 5.20. The largest absolute Gasteiger partial charge is 0.353 e. The molecule has 2 aromatic rings. The molecule has 0 saturated carbocycles. The quantitative estimate of drug-likeness (QED) is 0.722. The van der Waals surface area contributed by atoms with E-state index in [0.29, 0.717) is 11.6 Å². The first-order valence-electron chi connectivity index (χ1n) is 9.96. The van der Waals surface area contributed by atoms with E-state index in [-0.39, 0.29) is 30.3 Å². The van der Waals surface area contributed by atoms with Gasteiger partial charge in [0, 0.05) is 17.6 Å². The normalized spacial score (nSPS) is 20.2. The Labute approximate surface area is 166 Å². The predicted octanol–water partition coefficient (Wildman–Crippen LogP) is 3.11. The summed E-state index contributed by atoms with van der Waals surface area (Å²) in [5, 5.41) is 9.57. The predicted molar refractivity (Wildman–Crippen MR) is 111 cm³/mol. The Bertz CT molecular complexity index is 789. The number of carbonyl (C=O) groups excluding carboxylic acids is 2. The molecule has 0 bridgehead atoms. The van der Waals surface area contributed by atoms with Crippen molar-refractivity contribution in [3.63, 3.8) is 0 Å². The standard InChI is InChI=1S/C23H29N3O2/c1-16-8-10-19(11-9-16)23(28)26-21(18-6-4-3-5-7-18)15-22(27)25-20-12-13-24-17(2)14-20/h3-11,17,20-21,24H,12-15H2,1-2H3,(H,25,27)(H,26,28). The van der Waals surface area contributed by atoms with Gasteiger partial charge in [0.1, 0.15) is 0 Å². The lowest BCUT2D eigenvalue weighted by molar-refractivity contribution is -0.122. The van der Waals surface area contributed by atoms with Crippen LogP contribution < -0.4 is 16.0 Å². The third kappa shape index (κ3) is 5.67. The van der Waals surface area contributed by atoms with Gasteiger partial charge in [-0.1, -0.05) is 48.0 Å². The Morgan fingerprint density at radius 1 is 1.11 bits per heavy atom. The lowest BCUT2D eigenvalue weighted by Gasteiger charge is -2.29. The smallest absolute Gasteiger partial charge is 0.251 e. The Morgan fingerprint density at radius 3 is 2.50 bits per heavy atom. The molecule has 2 aromatic carbocycles. The van der Waals surface area contributed by atoms with Crippen LogP contribution in [0, 0.1) is 6.92 Å². The minimum absolute atomic E-state index is 0.0304. The average molecular weight is 380 g/mol. The van der Waals surface area contributed by atoms with E-state index in [4.69, 9.17) is 0 Å². The van der Waals surface area contributed by atoms with Crippen LogP contribution in [0.1, 0.15) is 53.7 Å². The number of aryl methyl sites for hydroxylation is 1. The molecule has 0 radical (unpaired) electrons. The van der Waals surface area contributed by atoms with Crippen molar-refractivity contribution in [1.82, 2.24) is 16.0 Å². The van der Waals surface area contributed by atoms with Gasteiger partial charge in [0.05, 0.1) is 12.5 Å². The summed E-state index contributed by atoms with van der Waals surface area (Å²) in [7, 11) is 0. The fourth-order valence-corrected chi connectivity index (χ4v) is 3.62. The van der Waals surface area contributed by atoms with E-state index in [0.717, 1.165) is 30.5 Å². The molecule has 0 aromatic heterocycles. The molecule has 2 amide bonds. The summed E-state index contributed by atoms with van der Waals surface area (Å²) in [5.41, 5.74) is 2.63. The van der Waals surface area contributed by atoms with Crippen molar-refractivity contribution in [3.8, 4) is 0 Å². The zero-order valence-corrected chi connectivity index (χ0v) is 16.6. The molecule has 5 heteroatoms. The van der Waals surface area contributed by atoms with Gasteiger partial charge in [0.25, 0.3) is 5.91 Å². The summed E-state index contributed by atoms with van der Waals surface area (Å²) >= 11 is 0. The fraction of sp³-hybridized carbons (Fsp3) is 0.391. The van der Waals surface area contributed by atoms with Gasteiger partial charge >= 0.3 is 0 Å². The molecule has 1 saturated heterocycles. The van der Waals surface area contributed by atoms with E-state index in [9.17, 15) is 9.59 Å². The molecule has 0 aliphatic carbocycles. The first kappa shape index (κ1) is 20.1. The number of benzene rings is 2. The number of rotatable bonds is 6. The second kappa shape index (κ2) is 9.51. The topological polar surface area (TPSA) is 70.2 Å². The molecule has 1 aliphatic heterocycles. The lowest BCUT2D eigenvalue weighted by Crippen LogP contribution is -2.47.